The lowest BCUT2D eigenvalue weighted by molar-refractivity contribution is -0.130. The van der Waals surface area contributed by atoms with Gasteiger partial charge in [-0.05, 0) is 18.9 Å². The molecule has 0 spiro atoms. The molecule has 2 heterocycles. The number of ether oxygens (including phenoxy) is 1. The van der Waals surface area contributed by atoms with Crippen molar-refractivity contribution in [2.45, 2.75) is 32.3 Å². The third kappa shape index (κ3) is 3.81. The van der Waals surface area contributed by atoms with Gasteiger partial charge in [-0.15, -0.1) is 6.58 Å². The average Bonchev–Trinajstić information content (AvgIpc) is 2.87. The zero-order valence-electron chi connectivity index (χ0n) is 11.3. The SMILES string of the molecule is C=CCCC(=O)N1CC[C@@H](Oc2ccc(C)cn2)C1. The molecule has 1 saturated heterocycles. The zero-order valence-corrected chi connectivity index (χ0v) is 11.3. The van der Waals surface area contributed by atoms with Crippen molar-refractivity contribution in [3.8, 4) is 5.88 Å². The molecule has 0 saturated carbocycles. The van der Waals surface area contributed by atoms with Crippen molar-refractivity contribution in [3.05, 3.63) is 36.5 Å². The second kappa shape index (κ2) is 6.36. The summed E-state index contributed by atoms with van der Waals surface area (Å²) >= 11 is 0. The summed E-state index contributed by atoms with van der Waals surface area (Å²) in [5, 5.41) is 0. The molecule has 4 nitrogen and oxygen atoms in total. The van der Waals surface area contributed by atoms with Crippen molar-refractivity contribution in [2.75, 3.05) is 13.1 Å². The molecular weight excluding hydrogens is 240 g/mol. The Morgan fingerprint density at radius 1 is 1.63 bits per heavy atom. The maximum absolute atomic E-state index is 11.9. The van der Waals surface area contributed by atoms with Gasteiger partial charge in [0.25, 0.3) is 0 Å². The quantitative estimate of drug-likeness (QED) is 0.763. The summed E-state index contributed by atoms with van der Waals surface area (Å²) < 4.78 is 5.79. The number of nitrogens with zero attached hydrogens (tertiary/aromatic N) is 2. The van der Waals surface area contributed by atoms with Crippen LogP contribution in [0.1, 0.15) is 24.8 Å². The molecule has 0 radical (unpaired) electrons. The zero-order chi connectivity index (χ0) is 13.7. The van der Waals surface area contributed by atoms with Crippen molar-refractivity contribution in [2.24, 2.45) is 0 Å². The molecule has 0 aliphatic carbocycles. The van der Waals surface area contributed by atoms with Gasteiger partial charge in [-0.3, -0.25) is 4.79 Å². The molecule has 0 bridgehead atoms. The minimum atomic E-state index is 0.0582. The fraction of sp³-hybridized carbons (Fsp3) is 0.467. The van der Waals surface area contributed by atoms with Crippen molar-refractivity contribution in [3.63, 3.8) is 0 Å². The first kappa shape index (κ1) is 13.6. The first-order chi connectivity index (χ1) is 9.19. The first-order valence-electron chi connectivity index (χ1n) is 6.67. The standard InChI is InChI=1S/C15H20N2O2/c1-3-4-5-15(18)17-9-8-13(11-17)19-14-7-6-12(2)10-16-14/h3,6-7,10,13H,1,4-5,8-9,11H2,2H3/t13-/m1/s1. The summed E-state index contributed by atoms with van der Waals surface area (Å²) in [5.41, 5.74) is 1.11. The van der Waals surface area contributed by atoms with E-state index in [1.165, 1.54) is 0 Å². The fourth-order valence-corrected chi connectivity index (χ4v) is 2.13. The second-order valence-electron chi connectivity index (χ2n) is 4.87. The van der Waals surface area contributed by atoms with Gasteiger partial charge in [0, 0.05) is 31.6 Å². The highest BCUT2D eigenvalue weighted by Crippen LogP contribution is 2.17. The third-order valence-electron chi connectivity index (χ3n) is 3.23. The van der Waals surface area contributed by atoms with Crippen LogP contribution in [-0.2, 0) is 4.79 Å². The van der Waals surface area contributed by atoms with E-state index in [-0.39, 0.29) is 12.0 Å². The van der Waals surface area contributed by atoms with Crippen molar-refractivity contribution in [1.82, 2.24) is 9.88 Å². The van der Waals surface area contributed by atoms with Crippen LogP contribution in [0.25, 0.3) is 0 Å². The Kier molecular flexibility index (Phi) is 4.55. The minimum Gasteiger partial charge on any atom is -0.472 e. The van der Waals surface area contributed by atoms with Crippen molar-refractivity contribution < 1.29 is 9.53 Å². The molecule has 1 aliphatic heterocycles. The number of carbonyl (C=O) groups is 1. The Bertz CT molecular complexity index is 442. The van der Waals surface area contributed by atoms with Crippen LogP contribution >= 0.6 is 0 Å². The molecule has 19 heavy (non-hydrogen) atoms. The average molecular weight is 260 g/mol. The molecule has 1 aliphatic rings. The summed E-state index contributed by atoms with van der Waals surface area (Å²) in [6.45, 7) is 7.05. The van der Waals surface area contributed by atoms with E-state index in [9.17, 15) is 4.79 Å². The Hall–Kier alpha value is -1.84. The highest BCUT2D eigenvalue weighted by atomic mass is 16.5. The number of aryl methyl sites for hydroxylation is 1. The molecule has 4 heteroatoms. The first-order valence-corrected chi connectivity index (χ1v) is 6.67. The van der Waals surface area contributed by atoms with E-state index in [0.29, 0.717) is 18.8 Å². The lowest BCUT2D eigenvalue weighted by Gasteiger charge is -2.16. The van der Waals surface area contributed by atoms with Crippen LogP contribution in [0, 0.1) is 6.92 Å². The van der Waals surface area contributed by atoms with Gasteiger partial charge in [0.15, 0.2) is 0 Å². The lowest BCUT2D eigenvalue weighted by Crippen LogP contribution is -2.30. The molecule has 0 aromatic carbocycles. The second-order valence-corrected chi connectivity index (χ2v) is 4.87. The number of amides is 1. The predicted octanol–water partition coefficient (Wildman–Crippen LogP) is 2.34. The van der Waals surface area contributed by atoms with Gasteiger partial charge in [0.1, 0.15) is 6.10 Å². The van der Waals surface area contributed by atoms with Gasteiger partial charge in [-0.2, -0.15) is 0 Å². The summed E-state index contributed by atoms with van der Waals surface area (Å²) in [5.74, 6) is 0.818. The van der Waals surface area contributed by atoms with E-state index in [2.05, 4.69) is 11.6 Å². The van der Waals surface area contributed by atoms with Crippen LogP contribution in [0.15, 0.2) is 31.0 Å². The van der Waals surface area contributed by atoms with E-state index in [4.69, 9.17) is 4.74 Å². The number of hydrogen-bond donors (Lipinski definition) is 0. The molecule has 2 rings (SSSR count). The summed E-state index contributed by atoms with van der Waals surface area (Å²) in [7, 11) is 0. The third-order valence-corrected chi connectivity index (χ3v) is 3.23. The fourth-order valence-electron chi connectivity index (χ4n) is 2.13. The summed E-state index contributed by atoms with van der Waals surface area (Å²) in [6.07, 6.45) is 5.77. The van der Waals surface area contributed by atoms with Gasteiger partial charge >= 0.3 is 0 Å². The molecule has 102 valence electrons. The number of carbonyl (C=O) groups excluding carboxylic acids is 1. The van der Waals surface area contributed by atoms with Gasteiger partial charge in [-0.25, -0.2) is 4.98 Å². The topological polar surface area (TPSA) is 42.4 Å². The van der Waals surface area contributed by atoms with Gasteiger partial charge < -0.3 is 9.64 Å². The van der Waals surface area contributed by atoms with Gasteiger partial charge in [-0.1, -0.05) is 12.1 Å². The number of aromatic nitrogens is 1. The van der Waals surface area contributed by atoms with Crippen molar-refractivity contribution >= 4 is 5.91 Å². The van der Waals surface area contributed by atoms with Gasteiger partial charge in [0.05, 0.1) is 6.54 Å². The molecule has 1 fully saturated rings. The van der Waals surface area contributed by atoms with Crippen LogP contribution in [0.4, 0.5) is 0 Å². The monoisotopic (exact) mass is 260 g/mol. The van der Waals surface area contributed by atoms with E-state index < -0.39 is 0 Å². The van der Waals surface area contributed by atoms with E-state index in [1.54, 1.807) is 12.3 Å². The maximum Gasteiger partial charge on any atom is 0.223 e. The molecule has 0 N–H and O–H groups in total. The van der Waals surface area contributed by atoms with Crippen LogP contribution < -0.4 is 4.74 Å². The molecule has 1 amide bonds. The largest absolute Gasteiger partial charge is 0.472 e. The van der Waals surface area contributed by atoms with E-state index in [1.807, 2.05) is 24.0 Å². The number of pyridine rings is 1. The Morgan fingerprint density at radius 3 is 3.16 bits per heavy atom. The predicted molar refractivity (Wildman–Crippen MR) is 74.0 cm³/mol. The molecule has 0 unspecified atom stereocenters. The normalized spacial score (nSPS) is 18.4. The highest BCUT2D eigenvalue weighted by molar-refractivity contribution is 5.76. The number of hydrogen-bond acceptors (Lipinski definition) is 3. The van der Waals surface area contributed by atoms with Crippen LogP contribution in [-0.4, -0.2) is 35.0 Å². The van der Waals surface area contributed by atoms with Crippen LogP contribution in [0.2, 0.25) is 0 Å². The lowest BCUT2D eigenvalue weighted by atomic mass is 10.3. The molecule has 1 atom stereocenters. The summed E-state index contributed by atoms with van der Waals surface area (Å²) in [4.78, 5) is 17.9. The number of allylic oxidation sites excluding steroid dienone is 1. The van der Waals surface area contributed by atoms with E-state index in [0.717, 1.165) is 24.9 Å². The minimum absolute atomic E-state index is 0.0582. The smallest absolute Gasteiger partial charge is 0.223 e. The van der Waals surface area contributed by atoms with E-state index >= 15 is 0 Å². The van der Waals surface area contributed by atoms with Gasteiger partial charge in [0.2, 0.25) is 11.8 Å². The summed E-state index contributed by atoms with van der Waals surface area (Å²) in [6, 6.07) is 3.85. The number of likely N-dealkylation sites (tertiary alicyclic amines) is 1. The Balaban J connectivity index is 1.83. The van der Waals surface area contributed by atoms with Crippen LogP contribution in [0.3, 0.4) is 0 Å². The highest BCUT2D eigenvalue weighted by Gasteiger charge is 2.27. The Morgan fingerprint density at radius 2 is 2.47 bits per heavy atom. The Labute approximate surface area is 114 Å². The molecule has 1 aromatic heterocycles. The maximum atomic E-state index is 11.9. The molecule has 1 aromatic rings. The number of rotatable bonds is 5. The molecular formula is C15H20N2O2. The van der Waals surface area contributed by atoms with Crippen molar-refractivity contribution in [1.29, 1.82) is 0 Å². The van der Waals surface area contributed by atoms with Crippen LogP contribution in [0.5, 0.6) is 5.88 Å².